The van der Waals surface area contributed by atoms with Crippen LogP contribution in [0.2, 0.25) is 4.34 Å². The Morgan fingerprint density at radius 3 is 2.32 bits per heavy atom. The molecule has 1 aromatic heterocycles. The Labute approximate surface area is 123 Å². The van der Waals surface area contributed by atoms with Crippen molar-refractivity contribution in [1.29, 1.82) is 0 Å². The molecular formula is C16H18ClNS. The molecule has 1 heterocycles. The van der Waals surface area contributed by atoms with E-state index in [1.807, 2.05) is 6.07 Å². The van der Waals surface area contributed by atoms with Gasteiger partial charge in [0.05, 0.1) is 9.88 Å². The van der Waals surface area contributed by atoms with Gasteiger partial charge in [-0.25, -0.2) is 0 Å². The van der Waals surface area contributed by atoms with Gasteiger partial charge in [-0.2, -0.15) is 0 Å². The van der Waals surface area contributed by atoms with Gasteiger partial charge < -0.3 is 5.73 Å². The number of halogens is 1. The van der Waals surface area contributed by atoms with Crippen LogP contribution >= 0.6 is 22.9 Å². The van der Waals surface area contributed by atoms with E-state index in [2.05, 4.69) is 36.4 Å². The molecule has 1 saturated carbocycles. The van der Waals surface area contributed by atoms with Crippen LogP contribution in [0.5, 0.6) is 0 Å². The molecule has 3 rings (SSSR count). The standard InChI is InChI=1S/C16H18ClNS/c17-15-7-6-14(19-15)16(18)10-8-13(9-11-16)12-4-2-1-3-5-12/h1-7,13H,8-11,18H2. The first kappa shape index (κ1) is 13.2. The molecule has 2 N–H and O–H groups in total. The maximum atomic E-state index is 6.59. The molecule has 2 aromatic rings. The van der Waals surface area contributed by atoms with Crippen molar-refractivity contribution in [2.24, 2.45) is 5.73 Å². The monoisotopic (exact) mass is 291 g/mol. The van der Waals surface area contributed by atoms with E-state index in [0.717, 1.165) is 30.0 Å². The first-order chi connectivity index (χ1) is 9.17. The molecule has 1 aliphatic carbocycles. The highest BCUT2D eigenvalue weighted by molar-refractivity contribution is 7.16. The Hall–Kier alpha value is -0.830. The molecule has 1 fully saturated rings. The van der Waals surface area contributed by atoms with Crippen LogP contribution in [0.1, 0.15) is 42.0 Å². The fourth-order valence-corrected chi connectivity index (χ4v) is 4.22. The summed E-state index contributed by atoms with van der Waals surface area (Å²) in [5.41, 5.74) is 7.87. The maximum Gasteiger partial charge on any atom is 0.0931 e. The number of nitrogens with two attached hydrogens (primary N) is 1. The largest absolute Gasteiger partial charge is 0.321 e. The topological polar surface area (TPSA) is 26.0 Å². The molecule has 1 aromatic carbocycles. The Morgan fingerprint density at radius 2 is 1.74 bits per heavy atom. The summed E-state index contributed by atoms with van der Waals surface area (Å²) < 4.78 is 0.838. The second-order valence-corrected chi connectivity index (χ2v) is 7.16. The van der Waals surface area contributed by atoms with Crippen LogP contribution in [0.4, 0.5) is 0 Å². The molecule has 0 unspecified atom stereocenters. The SMILES string of the molecule is NC1(c2ccc(Cl)s2)CCC(c2ccccc2)CC1. The molecule has 0 radical (unpaired) electrons. The van der Waals surface area contributed by atoms with Gasteiger partial charge in [0.25, 0.3) is 0 Å². The minimum Gasteiger partial charge on any atom is -0.321 e. The Bertz CT molecular complexity index is 541. The van der Waals surface area contributed by atoms with Gasteiger partial charge in [-0.3, -0.25) is 0 Å². The second-order valence-electron chi connectivity index (χ2n) is 5.44. The van der Waals surface area contributed by atoms with Crippen molar-refractivity contribution >= 4 is 22.9 Å². The average molecular weight is 292 g/mol. The third-order valence-corrected chi connectivity index (χ3v) is 5.66. The number of rotatable bonds is 2. The lowest BCUT2D eigenvalue weighted by Crippen LogP contribution is -2.39. The second kappa shape index (κ2) is 5.28. The van der Waals surface area contributed by atoms with Gasteiger partial charge in [-0.05, 0) is 49.3 Å². The molecule has 0 aliphatic heterocycles. The fraction of sp³-hybridized carbons (Fsp3) is 0.375. The zero-order valence-corrected chi connectivity index (χ0v) is 12.4. The molecular weight excluding hydrogens is 274 g/mol. The van der Waals surface area contributed by atoms with Gasteiger partial charge >= 0.3 is 0 Å². The van der Waals surface area contributed by atoms with Crippen LogP contribution < -0.4 is 5.73 Å². The lowest BCUT2D eigenvalue weighted by atomic mass is 9.74. The highest BCUT2D eigenvalue weighted by atomic mass is 35.5. The van der Waals surface area contributed by atoms with Gasteiger partial charge in [-0.15, -0.1) is 11.3 Å². The molecule has 0 atom stereocenters. The van der Waals surface area contributed by atoms with E-state index in [1.54, 1.807) is 11.3 Å². The van der Waals surface area contributed by atoms with Crippen LogP contribution in [0.25, 0.3) is 0 Å². The molecule has 0 spiro atoms. The predicted octanol–water partition coefficient (Wildman–Crippen LogP) is 4.91. The van der Waals surface area contributed by atoms with Crippen molar-refractivity contribution in [3.05, 3.63) is 57.2 Å². The minimum absolute atomic E-state index is 0.164. The Morgan fingerprint density at radius 1 is 1.05 bits per heavy atom. The first-order valence-electron chi connectivity index (χ1n) is 6.77. The van der Waals surface area contributed by atoms with Gasteiger partial charge in [0, 0.05) is 4.88 Å². The Balaban J connectivity index is 1.72. The highest BCUT2D eigenvalue weighted by Gasteiger charge is 2.34. The zero-order valence-electron chi connectivity index (χ0n) is 10.8. The van der Waals surface area contributed by atoms with Gasteiger partial charge in [0.1, 0.15) is 0 Å². The summed E-state index contributed by atoms with van der Waals surface area (Å²) in [6.07, 6.45) is 4.42. The van der Waals surface area contributed by atoms with Crippen molar-refractivity contribution in [2.75, 3.05) is 0 Å². The normalized spacial score (nSPS) is 27.4. The van der Waals surface area contributed by atoms with E-state index in [-0.39, 0.29) is 5.54 Å². The van der Waals surface area contributed by atoms with Crippen LogP contribution in [0, 0.1) is 0 Å². The van der Waals surface area contributed by atoms with Crippen LogP contribution in [-0.4, -0.2) is 0 Å². The summed E-state index contributed by atoms with van der Waals surface area (Å²) in [5, 5.41) is 0. The summed E-state index contributed by atoms with van der Waals surface area (Å²) in [7, 11) is 0. The minimum atomic E-state index is -0.164. The zero-order chi connectivity index (χ0) is 13.3. The molecule has 0 saturated heterocycles. The van der Waals surface area contributed by atoms with Gasteiger partial charge in [0.2, 0.25) is 0 Å². The summed E-state index contributed by atoms with van der Waals surface area (Å²) in [5.74, 6) is 0.660. The van der Waals surface area contributed by atoms with E-state index in [0.29, 0.717) is 5.92 Å². The highest BCUT2D eigenvalue weighted by Crippen LogP contribution is 2.44. The molecule has 0 amide bonds. The fourth-order valence-electron chi connectivity index (χ4n) is 3.02. The van der Waals surface area contributed by atoms with Gasteiger partial charge in [-0.1, -0.05) is 41.9 Å². The first-order valence-corrected chi connectivity index (χ1v) is 7.96. The Kier molecular flexibility index (Phi) is 3.66. The third-order valence-electron chi connectivity index (χ3n) is 4.21. The third kappa shape index (κ3) is 2.71. The van der Waals surface area contributed by atoms with E-state index in [9.17, 15) is 0 Å². The quantitative estimate of drug-likeness (QED) is 0.835. The summed E-state index contributed by atoms with van der Waals surface area (Å²) in [4.78, 5) is 1.24. The van der Waals surface area contributed by atoms with Crippen molar-refractivity contribution < 1.29 is 0 Å². The molecule has 3 heteroatoms. The van der Waals surface area contributed by atoms with Crippen molar-refractivity contribution in [1.82, 2.24) is 0 Å². The number of hydrogen-bond acceptors (Lipinski definition) is 2. The number of hydrogen-bond donors (Lipinski definition) is 1. The van der Waals surface area contributed by atoms with Gasteiger partial charge in [0.15, 0.2) is 0 Å². The van der Waals surface area contributed by atoms with Crippen LogP contribution in [-0.2, 0) is 5.54 Å². The van der Waals surface area contributed by atoms with E-state index < -0.39 is 0 Å². The summed E-state index contributed by atoms with van der Waals surface area (Å²) >= 11 is 7.66. The molecule has 0 bridgehead atoms. The molecule has 1 nitrogen and oxygen atoms in total. The number of thiophene rings is 1. The van der Waals surface area contributed by atoms with E-state index >= 15 is 0 Å². The van der Waals surface area contributed by atoms with Crippen LogP contribution in [0.3, 0.4) is 0 Å². The van der Waals surface area contributed by atoms with Crippen molar-refractivity contribution in [2.45, 2.75) is 37.1 Å². The summed E-state index contributed by atoms with van der Waals surface area (Å²) in [6.45, 7) is 0. The van der Waals surface area contributed by atoms with Crippen LogP contribution in [0.15, 0.2) is 42.5 Å². The average Bonchev–Trinajstić information content (AvgIpc) is 2.88. The molecule has 100 valence electrons. The smallest absolute Gasteiger partial charge is 0.0931 e. The summed E-state index contributed by atoms with van der Waals surface area (Å²) in [6, 6.07) is 14.8. The number of benzene rings is 1. The van der Waals surface area contributed by atoms with E-state index in [4.69, 9.17) is 17.3 Å². The predicted molar refractivity (Wildman–Crippen MR) is 82.8 cm³/mol. The molecule has 19 heavy (non-hydrogen) atoms. The van der Waals surface area contributed by atoms with Crippen molar-refractivity contribution in [3.8, 4) is 0 Å². The van der Waals surface area contributed by atoms with E-state index in [1.165, 1.54) is 10.4 Å². The lowest BCUT2D eigenvalue weighted by Gasteiger charge is -2.36. The maximum absolute atomic E-state index is 6.59. The lowest BCUT2D eigenvalue weighted by molar-refractivity contribution is 0.281. The molecule has 1 aliphatic rings. The van der Waals surface area contributed by atoms with Crippen molar-refractivity contribution in [3.63, 3.8) is 0 Å².